The number of rotatable bonds is 5. The Morgan fingerprint density at radius 2 is 2.12 bits per heavy atom. The highest BCUT2D eigenvalue weighted by Gasteiger charge is 2.12. The van der Waals surface area contributed by atoms with Crippen LogP contribution in [0.15, 0.2) is 24.3 Å². The van der Waals surface area contributed by atoms with Crippen LogP contribution in [-0.2, 0) is 16.0 Å². The molecule has 2 N–H and O–H groups in total. The van der Waals surface area contributed by atoms with Crippen LogP contribution in [0.1, 0.15) is 5.56 Å². The summed E-state index contributed by atoms with van der Waals surface area (Å²) in [5, 5.41) is 8.39. The average molecular weight is 234 g/mol. The molecular formula is C12H14N2O3. The maximum atomic E-state index is 11.1. The third kappa shape index (κ3) is 4.13. The van der Waals surface area contributed by atoms with Gasteiger partial charge < -0.3 is 15.2 Å². The van der Waals surface area contributed by atoms with Crippen molar-refractivity contribution in [2.45, 2.75) is 12.5 Å². The Labute approximate surface area is 99.7 Å². The predicted molar refractivity (Wildman–Crippen MR) is 61.2 cm³/mol. The van der Waals surface area contributed by atoms with E-state index in [1.54, 1.807) is 13.2 Å². The van der Waals surface area contributed by atoms with Crippen LogP contribution in [-0.4, -0.2) is 25.7 Å². The fourth-order valence-electron chi connectivity index (χ4n) is 1.20. The van der Waals surface area contributed by atoms with Gasteiger partial charge in [-0.2, -0.15) is 5.26 Å². The summed E-state index contributed by atoms with van der Waals surface area (Å²) in [5.74, 6) is 0.0817. The van der Waals surface area contributed by atoms with Crippen molar-refractivity contribution in [1.29, 1.82) is 5.26 Å². The van der Waals surface area contributed by atoms with Gasteiger partial charge in [-0.3, -0.25) is 0 Å². The number of benzene rings is 1. The Kier molecular flexibility index (Phi) is 4.98. The van der Waals surface area contributed by atoms with E-state index in [-0.39, 0.29) is 6.61 Å². The molecule has 0 amide bonds. The Balaban J connectivity index is 2.36. The predicted octanol–water partition coefficient (Wildman–Crippen LogP) is 0.632. The average Bonchev–Trinajstić information content (AvgIpc) is 2.38. The van der Waals surface area contributed by atoms with Crippen LogP contribution < -0.4 is 10.5 Å². The summed E-state index contributed by atoms with van der Waals surface area (Å²) in [5.41, 5.74) is 6.20. The summed E-state index contributed by atoms with van der Waals surface area (Å²) in [6.07, 6.45) is 0.577. The van der Waals surface area contributed by atoms with Crippen LogP contribution >= 0.6 is 0 Å². The minimum absolute atomic E-state index is 0.209. The number of ether oxygens (including phenoxy) is 2. The van der Waals surface area contributed by atoms with Gasteiger partial charge in [-0.1, -0.05) is 12.1 Å². The summed E-state index contributed by atoms with van der Waals surface area (Å²) >= 11 is 0. The van der Waals surface area contributed by atoms with Crippen LogP contribution in [0.4, 0.5) is 0 Å². The van der Waals surface area contributed by atoms with E-state index in [1.165, 1.54) is 0 Å². The van der Waals surface area contributed by atoms with E-state index in [9.17, 15) is 4.79 Å². The number of carbonyl (C=O) groups is 1. The van der Waals surface area contributed by atoms with Gasteiger partial charge in [-0.05, 0) is 17.7 Å². The van der Waals surface area contributed by atoms with Crippen molar-refractivity contribution in [3.05, 3.63) is 29.8 Å². The third-order valence-corrected chi connectivity index (χ3v) is 2.19. The second-order valence-corrected chi connectivity index (χ2v) is 3.37. The molecule has 0 aliphatic heterocycles. The van der Waals surface area contributed by atoms with Crippen molar-refractivity contribution in [1.82, 2.24) is 0 Å². The first-order valence-corrected chi connectivity index (χ1v) is 5.12. The molecule has 1 unspecified atom stereocenters. The molecule has 1 rings (SSSR count). The van der Waals surface area contributed by atoms with Gasteiger partial charge in [-0.25, -0.2) is 4.79 Å². The van der Waals surface area contributed by atoms with Crippen molar-refractivity contribution in [2.75, 3.05) is 13.7 Å². The van der Waals surface area contributed by atoms with Gasteiger partial charge in [0.2, 0.25) is 0 Å². The maximum Gasteiger partial charge on any atom is 0.337 e. The number of esters is 1. The van der Waals surface area contributed by atoms with Crippen molar-refractivity contribution in [3.8, 4) is 11.8 Å². The molecule has 0 saturated carbocycles. The molecular weight excluding hydrogens is 220 g/mol. The SMILES string of the molecule is COc1ccc(CCOC(=O)C(N)C#N)cc1. The Morgan fingerprint density at radius 1 is 1.47 bits per heavy atom. The smallest absolute Gasteiger partial charge is 0.337 e. The highest BCUT2D eigenvalue weighted by atomic mass is 16.5. The first-order valence-electron chi connectivity index (χ1n) is 5.12. The summed E-state index contributed by atoms with van der Waals surface area (Å²) < 4.78 is 9.86. The van der Waals surface area contributed by atoms with Gasteiger partial charge in [0, 0.05) is 6.42 Å². The van der Waals surface area contributed by atoms with Crippen LogP contribution in [0.25, 0.3) is 0 Å². The van der Waals surface area contributed by atoms with Gasteiger partial charge in [0.15, 0.2) is 6.04 Å². The first kappa shape index (κ1) is 13.0. The minimum Gasteiger partial charge on any atom is -0.497 e. The molecule has 0 aliphatic rings. The first-order chi connectivity index (χ1) is 8.17. The highest BCUT2D eigenvalue weighted by molar-refractivity contribution is 5.78. The number of hydrogen-bond donors (Lipinski definition) is 1. The van der Waals surface area contributed by atoms with E-state index in [0.29, 0.717) is 6.42 Å². The van der Waals surface area contributed by atoms with Crippen LogP contribution in [0.3, 0.4) is 0 Å². The molecule has 5 heteroatoms. The van der Waals surface area contributed by atoms with Gasteiger partial charge >= 0.3 is 5.97 Å². The quantitative estimate of drug-likeness (QED) is 0.755. The van der Waals surface area contributed by atoms with E-state index in [4.69, 9.17) is 20.5 Å². The largest absolute Gasteiger partial charge is 0.497 e. The van der Waals surface area contributed by atoms with E-state index >= 15 is 0 Å². The Hall–Kier alpha value is -2.06. The number of hydrogen-bond acceptors (Lipinski definition) is 5. The summed E-state index contributed by atoms with van der Waals surface area (Å²) in [6, 6.07) is 7.85. The molecule has 17 heavy (non-hydrogen) atoms. The number of nitriles is 1. The molecule has 1 atom stereocenters. The highest BCUT2D eigenvalue weighted by Crippen LogP contribution is 2.11. The summed E-state index contributed by atoms with van der Waals surface area (Å²) in [7, 11) is 1.60. The maximum absolute atomic E-state index is 11.1. The van der Waals surface area contributed by atoms with Crippen molar-refractivity contribution < 1.29 is 14.3 Å². The topological polar surface area (TPSA) is 85.3 Å². The van der Waals surface area contributed by atoms with Crippen molar-refractivity contribution in [2.24, 2.45) is 5.73 Å². The van der Waals surface area contributed by atoms with Gasteiger partial charge in [0.1, 0.15) is 5.75 Å². The fraction of sp³-hybridized carbons (Fsp3) is 0.333. The lowest BCUT2D eigenvalue weighted by atomic mass is 10.1. The van der Waals surface area contributed by atoms with E-state index in [0.717, 1.165) is 11.3 Å². The molecule has 0 fully saturated rings. The molecule has 0 aliphatic carbocycles. The van der Waals surface area contributed by atoms with Crippen LogP contribution in [0.2, 0.25) is 0 Å². The zero-order valence-corrected chi connectivity index (χ0v) is 9.55. The zero-order valence-electron chi connectivity index (χ0n) is 9.55. The van der Waals surface area contributed by atoms with E-state index in [2.05, 4.69) is 0 Å². The van der Waals surface area contributed by atoms with Crippen molar-refractivity contribution in [3.63, 3.8) is 0 Å². The molecule has 0 spiro atoms. The van der Waals surface area contributed by atoms with E-state index < -0.39 is 12.0 Å². The number of nitrogens with zero attached hydrogens (tertiary/aromatic N) is 1. The van der Waals surface area contributed by atoms with Crippen LogP contribution in [0.5, 0.6) is 5.75 Å². The van der Waals surface area contributed by atoms with Crippen molar-refractivity contribution >= 4 is 5.97 Å². The monoisotopic (exact) mass is 234 g/mol. The molecule has 1 aromatic carbocycles. The van der Waals surface area contributed by atoms with Crippen LogP contribution in [0, 0.1) is 11.3 Å². The molecule has 0 heterocycles. The lowest BCUT2D eigenvalue weighted by Gasteiger charge is -2.06. The molecule has 0 saturated heterocycles. The fourth-order valence-corrected chi connectivity index (χ4v) is 1.20. The molecule has 0 bridgehead atoms. The summed E-state index contributed by atoms with van der Waals surface area (Å²) in [4.78, 5) is 11.1. The normalized spacial score (nSPS) is 11.4. The Morgan fingerprint density at radius 3 is 2.65 bits per heavy atom. The third-order valence-electron chi connectivity index (χ3n) is 2.19. The summed E-state index contributed by atoms with van der Waals surface area (Å²) in [6.45, 7) is 0.209. The number of methoxy groups -OCH3 is 1. The lowest BCUT2D eigenvalue weighted by Crippen LogP contribution is -2.30. The van der Waals surface area contributed by atoms with Gasteiger partial charge in [-0.15, -0.1) is 0 Å². The van der Waals surface area contributed by atoms with E-state index in [1.807, 2.05) is 24.3 Å². The lowest BCUT2D eigenvalue weighted by molar-refractivity contribution is -0.143. The molecule has 90 valence electrons. The second-order valence-electron chi connectivity index (χ2n) is 3.37. The number of carbonyl (C=O) groups excluding carboxylic acids is 1. The zero-order chi connectivity index (χ0) is 12.7. The molecule has 0 aromatic heterocycles. The van der Waals surface area contributed by atoms with Gasteiger partial charge in [0.05, 0.1) is 19.8 Å². The van der Waals surface area contributed by atoms with Gasteiger partial charge in [0.25, 0.3) is 0 Å². The standard InChI is InChI=1S/C12H14N2O3/c1-16-10-4-2-9(3-5-10)6-7-17-12(15)11(14)8-13/h2-5,11H,6-7,14H2,1H3. The second kappa shape index (κ2) is 6.51. The minimum atomic E-state index is -1.20. The Bertz CT molecular complexity index is 409. The molecule has 0 radical (unpaired) electrons. The number of nitrogens with two attached hydrogens (primary N) is 1. The molecule has 5 nitrogen and oxygen atoms in total. The molecule has 1 aromatic rings.